The van der Waals surface area contributed by atoms with E-state index in [1.54, 1.807) is 18.2 Å². The average Bonchev–Trinajstić information content (AvgIpc) is 3.35. The lowest BCUT2D eigenvalue weighted by Gasteiger charge is -2.20. The molecule has 0 heterocycles. The average molecular weight is 387 g/mol. The standard InChI is InChI=1S/C25H25NO3/c1-29-25(28)21-6-2-4-17(12-21)8-9-18-5-3-7-23(15-18)26-24(27)16-22-14-19-10-11-20(22)13-19/h2-7,12,15,19-20,22H,10-11,13-14,16H2,1H3,(H,26,27). The van der Waals surface area contributed by atoms with Crippen molar-refractivity contribution in [1.82, 2.24) is 0 Å². The third kappa shape index (κ3) is 4.68. The van der Waals surface area contributed by atoms with Crippen LogP contribution in [0.15, 0.2) is 48.5 Å². The van der Waals surface area contributed by atoms with Gasteiger partial charge in [0.1, 0.15) is 0 Å². The van der Waals surface area contributed by atoms with E-state index in [2.05, 4.69) is 17.2 Å². The van der Waals surface area contributed by atoms with Crippen LogP contribution in [0.3, 0.4) is 0 Å². The molecule has 148 valence electrons. The summed E-state index contributed by atoms with van der Waals surface area (Å²) in [5.74, 6) is 8.05. The first-order chi connectivity index (χ1) is 14.1. The number of amides is 1. The summed E-state index contributed by atoms with van der Waals surface area (Å²) < 4.78 is 4.74. The SMILES string of the molecule is COC(=O)c1cccc(C#Cc2cccc(NC(=O)CC3CC4CCC3C4)c2)c1. The van der Waals surface area contributed by atoms with Crippen molar-refractivity contribution in [3.63, 3.8) is 0 Å². The number of nitrogens with one attached hydrogen (secondary N) is 1. The molecule has 0 aliphatic heterocycles. The maximum Gasteiger partial charge on any atom is 0.337 e. The van der Waals surface area contributed by atoms with E-state index < -0.39 is 0 Å². The first kappa shape index (κ1) is 19.3. The van der Waals surface area contributed by atoms with Gasteiger partial charge in [-0.2, -0.15) is 0 Å². The van der Waals surface area contributed by atoms with Crippen LogP contribution in [0.5, 0.6) is 0 Å². The fraction of sp³-hybridized carbons (Fsp3) is 0.360. The molecular formula is C25H25NO3. The monoisotopic (exact) mass is 387 g/mol. The third-order valence-electron chi connectivity index (χ3n) is 6.11. The summed E-state index contributed by atoms with van der Waals surface area (Å²) in [5, 5.41) is 3.03. The van der Waals surface area contributed by atoms with Gasteiger partial charge < -0.3 is 10.1 Å². The number of rotatable bonds is 4. The number of carbonyl (C=O) groups is 2. The van der Waals surface area contributed by atoms with E-state index in [9.17, 15) is 9.59 Å². The van der Waals surface area contributed by atoms with E-state index >= 15 is 0 Å². The summed E-state index contributed by atoms with van der Waals surface area (Å²) >= 11 is 0. The highest BCUT2D eigenvalue weighted by atomic mass is 16.5. The largest absolute Gasteiger partial charge is 0.465 e. The highest BCUT2D eigenvalue weighted by Gasteiger charge is 2.40. The Balaban J connectivity index is 1.40. The Labute approximate surface area is 171 Å². The molecular weight excluding hydrogens is 362 g/mol. The van der Waals surface area contributed by atoms with Gasteiger partial charge in [0.2, 0.25) is 5.91 Å². The Hall–Kier alpha value is -3.06. The minimum absolute atomic E-state index is 0.0958. The van der Waals surface area contributed by atoms with Crippen LogP contribution in [0.2, 0.25) is 0 Å². The molecule has 1 amide bonds. The predicted octanol–water partition coefficient (Wildman–Crippen LogP) is 4.64. The number of methoxy groups -OCH3 is 1. The maximum absolute atomic E-state index is 12.5. The number of fused-ring (bicyclic) bond motifs is 2. The van der Waals surface area contributed by atoms with Crippen LogP contribution in [0.1, 0.15) is 53.6 Å². The van der Waals surface area contributed by atoms with E-state index in [1.165, 1.54) is 32.8 Å². The van der Waals surface area contributed by atoms with Crippen molar-refractivity contribution >= 4 is 17.6 Å². The van der Waals surface area contributed by atoms with Crippen LogP contribution < -0.4 is 5.32 Å². The van der Waals surface area contributed by atoms with E-state index in [4.69, 9.17) is 4.74 Å². The highest BCUT2D eigenvalue weighted by Crippen LogP contribution is 2.49. The molecule has 2 bridgehead atoms. The second-order valence-corrected chi connectivity index (χ2v) is 8.09. The summed E-state index contributed by atoms with van der Waals surface area (Å²) in [7, 11) is 1.36. The number of carbonyl (C=O) groups excluding carboxylic acids is 2. The van der Waals surface area contributed by atoms with E-state index in [1.807, 2.05) is 30.3 Å². The summed E-state index contributed by atoms with van der Waals surface area (Å²) in [6, 6.07) is 14.6. The molecule has 2 fully saturated rings. The van der Waals surface area contributed by atoms with Crippen LogP contribution in [0.4, 0.5) is 5.69 Å². The van der Waals surface area contributed by atoms with Crippen molar-refractivity contribution in [3.05, 3.63) is 65.2 Å². The number of anilines is 1. The van der Waals surface area contributed by atoms with Crippen LogP contribution in [-0.4, -0.2) is 19.0 Å². The molecule has 4 nitrogen and oxygen atoms in total. The van der Waals surface area contributed by atoms with Gasteiger partial charge in [-0.1, -0.05) is 30.4 Å². The van der Waals surface area contributed by atoms with Gasteiger partial charge in [-0.15, -0.1) is 0 Å². The minimum Gasteiger partial charge on any atom is -0.465 e. The van der Waals surface area contributed by atoms with Gasteiger partial charge in [0.25, 0.3) is 0 Å². The van der Waals surface area contributed by atoms with Gasteiger partial charge in [-0.3, -0.25) is 4.79 Å². The number of benzene rings is 2. The molecule has 2 aromatic rings. The van der Waals surface area contributed by atoms with E-state index in [0.29, 0.717) is 17.9 Å². The molecule has 0 aromatic heterocycles. The maximum atomic E-state index is 12.5. The van der Waals surface area contributed by atoms with Crippen LogP contribution >= 0.6 is 0 Å². The second-order valence-electron chi connectivity index (χ2n) is 8.09. The zero-order valence-corrected chi connectivity index (χ0v) is 16.6. The lowest BCUT2D eigenvalue weighted by Crippen LogP contribution is -2.20. The van der Waals surface area contributed by atoms with Crippen LogP contribution in [0, 0.1) is 29.6 Å². The Kier molecular flexibility index (Phi) is 5.67. The van der Waals surface area contributed by atoms with Gasteiger partial charge in [0.15, 0.2) is 0 Å². The summed E-state index contributed by atoms with van der Waals surface area (Å²) in [6.07, 6.45) is 5.81. The third-order valence-corrected chi connectivity index (χ3v) is 6.11. The fourth-order valence-electron chi connectivity index (χ4n) is 4.74. The molecule has 0 radical (unpaired) electrons. The van der Waals surface area contributed by atoms with Crippen molar-refractivity contribution in [2.24, 2.45) is 17.8 Å². The fourth-order valence-corrected chi connectivity index (χ4v) is 4.74. The summed E-state index contributed by atoms with van der Waals surface area (Å²) in [4.78, 5) is 24.1. The summed E-state index contributed by atoms with van der Waals surface area (Å²) in [5.41, 5.74) is 2.79. The van der Waals surface area contributed by atoms with Crippen molar-refractivity contribution < 1.29 is 14.3 Å². The molecule has 4 heteroatoms. The minimum atomic E-state index is -0.381. The first-order valence-electron chi connectivity index (χ1n) is 10.2. The molecule has 29 heavy (non-hydrogen) atoms. The van der Waals surface area contributed by atoms with Crippen molar-refractivity contribution in [3.8, 4) is 11.8 Å². The molecule has 2 aliphatic rings. The second kappa shape index (κ2) is 8.53. The Morgan fingerprint density at radius 1 is 1.03 bits per heavy atom. The molecule has 3 atom stereocenters. The lowest BCUT2D eigenvalue weighted by atomic mass is 9.86. The Bertz CT molecular complexity index is 985. The number of hydrogen-bond donors (Lipinski definition) is 1. The normalized spacial score (nSPS) is 21.9. The highest BCUT2D eigenvalue weighted by molar-refractivity contribution is 5.91. The zero-order chi connectivity index (χ0) is 20.2. The van der Waals surface area contributed by atoms with Crippen molar-refractivity contribution in [2.75, 3.05) is 12.4 Å². The molecule has 1 N–H and O–H groups in total. The molecule has 4 rings (SSSR count). The molecule has 0 saturated heterocycles. The van der Waals surface area contributed by atoms with Gasteiger partial charge in [-0.05, 0) is 73.4 Å². The van der Waals surface area contributed by atoms with Gasteiger partial charge >= 0.3 is 5.97 Å². The number of ether oxygens (including phenoxy) is 1. The van der Waals surface area contributed by atoms with Gasteiger partial charge in [0, 0.05) is 23.2 Å². The number of hydrogen-bond acceptors (Lipinski definition) is 3. The molecule has 2 aliphatic carbocycles. The zero-order valence-electron chi connectivity index (χ0n) is 16.6. The van der Waals surface area contributed by atoms with E-state index in [-0.39, 0.29) is 11.9 Å². The molecule has 0 spiro atoms. The van der Waals surface area contributed by atoms with Gasteiger partial charge in [0.05, 0.1) is 12.7 Å². The smallest absolute Gasteiger partial charge is 0.337 e. The quantitative estimate of drug-likeness (QED) is 0.614. The molecule has 3 unspecified atom stereocenters. The van der Waals surface area contributed by atoms with Crippen molar-refractivity contribution in [1.29, 1.82) is 0 Å². The van der Waals surface area contributed by atoms with Crippen LogP contribution in [0.25, 0.3) is 0 Å². The first-order valence-corrected chi connectivity index (χ1v) is 10.2. The Morgan fingerprint density at radius 3 is 2.48 bits per heavy atom. The van der Waals surface area contributed by atoms with Gasteiger partial charge in [-0.25, -0.2) is 4.79 Å². The van der Waals surface area contributed by atoms with Crippen molar-refractivity contribution in [2.45, 2.75) is 32.1 Å². The van der Waals surface area contributed by atoms with Crippen LogP contribution in [-0.2, 0) is 9.53 Å². The molecule has 2 saturated carbocycles. The Morgan fingerprint density at radius 2 is 1.79 bits per heavy atom. The predicted molar refractivity (Wildman–Crippen MR) is 112 cm³/mol. The number of esters is 1. The lowest BCUT2D eigenvalue weighted by molar-refractivity contribution is -0.117. The van der Waals surface area contributed by atoms with E-state index in [0.717, 1.165) is 28.7 Å². The topological polar surface area (TPSA) is 55.4 Å². The molecule has 2 aromatic carbocycles. The summed E-state index contributed by atoms with van der Waals surface area (Å²) in [6.45, 7) is 0.